The number of nitrogens with zero attached hydrogens (tertiary/aromatic N) is 2. The topological polar surface area (TPSA) is 25.8 Å². The third kappa shape index (κ3) is 2.33. The maximum absolute atomic E-state index is 12.8. The van der Waals surface area contributed by atoms with Crippen LogP contribution in [0.3, 0.4) is 0 Å². The molecule has 0 amide bonds. The molecule has 0 unspecified atom stereocenters. The molecule has 2 nitrogen and oxygen atoms in total. The molecule has 0 N–H and O–H groups in total. The van der Waals surface area contributed by atoms with Gasteiger partial charge in [0, 0.05) is 5.56 Å². The summed E-state index contributed by atoms with van der Waals surface area (Å²) in [7, 11) is 0. The van der Waals surface area contributed by atoms with E-state index in [9.17, 15) is 4.39 Å². The lowest BCUT2D eigenvalue weighted by Crippen LogP contribution is -1.87. The van der Waals surface area contributed by atoms with E-state index < -0.39 is 0 Å². The van der Waals surface area contributed by atoms with Gasteiger partial charge in [0.1, 0.15) is 10.4 Å². The predicted octanol–water partition coefficient (Wildman–Crippen LogP) is 3.70. The lowest BCUT2D eigenvalue weighted by atomic mass is 10.1. The molecule has 2 rings (SSSR count). The molecule has 0 radical (unpaired) electrons. The number of hydrogen-bond donors (Lipinski definition) is 0. The molecule has 5 heteroatoms. The van der Waals surface area contributed by atoms with Gasteiger partial charge >= 0.3 is 0 Å². The second kappa shape index (κ2) is 4.24. The smallest absolute Gasteiger partial charge is 0.124 e. The molecular formula is C10H5BrClFN2. The Morgan fingerprint density at radius 2 is 2.00 bits per heavy atom. The maximum atomic E-state index is 12.8. The highest BCUT2D eigenvalue weighted by Crippen LogP contribution is 2.26. The first-order valence-corrected chi connectivity index (χ1v) is 5.27. The van der Waals surface area contributed by atoms with Gasteiger partial charge in [-0.05, 0) is 34.1 Å². The molecule has 0 saturated carbocycles. The molecule has 0 atom stereocenters. The molecule has 0 fully saturated rings. The van der Waals surface area contributed by atoms with Crippen LogP contribution in [0.25, 0.3) is 11.3 Å². The zero-order valence-electron chi connectivity index (χ0n) is 7.42. The Bertz CT molecular complexity index is 487. The second-order valence-electron chi connectivity index (χ2n) is 2.85. The summed E-state index contributed by atoms with van der Waals surface area (Å²) in [5, 5.41) is 0.326. The minimum Gasteiger partial charge on any atom is -0.252 e. The number of aromatic nitrogens is 2. The molecular weight excluding hydrogens is 282 g/mol. The van der Waals surface area contributed by atoms with Gasteiger partial charge in [-0.2, -0.15) is 0 Å². The highest BCUT2D eigenvalue weighted by molar-refractivity contribution is 9.10. The van der Waals surface area contributed by atoms with Crippen LogP contribution in [0.15, 0.2) is 35.2 Å². The number of benzene rings is 1. The average molecular weight is 288 g/mol. The van der Waals surface area contributed by atoms with Gasteiger partial charge in [0.05, 0.1) is 23.1 Å². The van der Waals surface area contributed by atoms with Gasteiger partial charge in [-0.1, -0.05) is 11.6 Å². The number of halogens is 3. The van der Waals surface area contributed by atoms with Crippen LogP contribution >= 0.6 is 27.5 Å². The fraction of sp³-hybridized carbons (Fsp3) is 0. The van der Waals surface area contributed by atoms with Crippen LogP contribution in [-0.4, -0.2) is 9.97 Å². The van der Waals surface area contributed by atoms with Crippen LogP contribution in [-0.2, 0) is 0 Å². The van der Waals surface area contributed by atoms with Crippen molar-refractivity contribution < 1.29 is 4.39 Å². The van der Waals surface area contributed by atoms with E-state index in [0.717, 1.165) is 0 Å². The van der Waals surface area contributed by atoms with Crippen molar-refractivity contribution in [1.82, 2.24) is 9.97 Å². The summed E-state index contributed by atoms with van der Waals surface area (Å²) >= 11 is 9.07. The van der Waals surface area contributed by atoms with E-state index in [1.165, 1.54) is 12.1 Å². The Morgan fingerprint density at radius 3 is 2.60 bits per heavy atom. The summed E-state index contributed by atoms with van der Waals surface area (Å²) in [5.74, 6) is -0.367. The van der Waals surface area contributed by atoms with Crippen LogP contribution in [0.5, 0.6) is 0 Å². The van der Waals surface area contributed by atoms with E-state index in [2.05, 4.69) is 25.9 Å². The quantitative estimate of drug-likeness (QED) is 0.799. The second-order valence-corrected chi connectivity index (χ2v) is 4.07. The summed E-state index contributed by atoms with van der Waals surface area (Å²) in [6, 6.07) is 4.17. The highest BCUT2D eigenvalue weighted by atomic mass is 79.9. The summed E-state index contributed by atoms with van der Waals surface area (Å²) in [6.45, 7) is 0. The van der Waals surface area contributed by atoms with Gasteiger partial charge in [0.15, 0.2) is 0 Å². The van der Waals surface area contributed by atoms with E-state index in [1.54, 1.807) is 18.5 Å². The Kier molecular flexibility index (Phi) is 2.98. The molecule has 1 aromatic heterocycles. The van der Waals surface area contributed by atoms with Crippen LogP contribution in [0.4, 0.5) is 4.39 Å². The van der Waals surface area contributed by atoms with E-state index in [-0.39, 0.29) is 5.82 Å². The zero-order chi connectivity index (χ0) is 10.8. The minimum atomic E-state index is -0.367. The standard InChI is InChI=1S/C10H5BrClFN2/c11-10-5-14-9(4-15-10)7-2-1-6(13)3-8(7)12/h1-5H. The molecule has 1 aromatic carbocycles. The van der Waals surface area contributed by atoms with E-state index in [1.807, 2.05) is 0 Å². The molecule has 2 aromatic rings. The molecule has 0 saturated heterocycles. The summed E-state index contributed by atoms with van der Waals surface area (Å²) < 4.78 is 13.4. The van der Waals surface area contributed by atoms with Crippen molar-refractivity contribution in [2.24, 2.45) is 0 Å². The van der Waals surface area contributed by atoms with Gasteiger partial charge in [-0.25, -0.2) is 9.37 Å². The highest BCUT2D eigenvalue weighted by Gasteiger charge is 2.06. The van der Waals surface area contributed by atoms with Gasteiger partial charge in [0.2, 0.25) is 0 Å². The molecule has 0 aliphatic carbocycles. The van der Waals surface area contributed by atoms with Crippen molar-refractivity contribution in [1.29, 1.82) is 0 Å². The van der Waals surface area contributed by atoms with E-state index in [0.29, 0.717) is 20.9 Å². The number of hydrogen-bond acceptors (Lipinski definition) is 2. The monoisotopic (exact) mass is 286 g/mol. The lowest BCUT2D eigenvalue weighted by Gasteiger charge is -2.02. The Hall–Kier alpha value is -1.00. The average Bonchev–Trinajstić information content (AvgIpc) is 2.20. The molecule has 0 aliphatic rings. The fourth-order valence-electron chi connectivity index (χ4n) is 1.15. The van der Waals surface area contributed by atoms with Gasteiger partial charge in [-0.3, -0.25) is 4.98 Å². The Morgan fingerprint density at radius 1 is 1.20 bits per heavy atom. The first kappa shape index (κ1) is 10.5. The van der Waals surface area contributed by atoms with Gasteiger partial charge in [0.25, 0.3) is 0 Å². The predicted molar refractivity (Wildman–Crippen MR) is 60.1 cm³/mol. The van der Waals surface area contributed by atoms with Crippen LogP contribution in [0.1, 0.15) is 0 Å². The van der Waals surface area contributed by atoms with E-state index >= 15 is 0 Å². The molecule has 0 bridgehead atoms. The lowest BCUT2D eigenvalue weighted by molar-refractivity contribution is 0.628. The third-order valence-corrected chi connectivity index (χ3v) is 2.55. The van der Waals surface area contributed by atoms with Crippen molar-refractivity contribution in [3.63, 3.8) is 0 Å². The molecule has 15 heavy (non-hydrogen) atoms. The normalized spacial score (nSPS) is 10.3. The fourth-order valence-corrected chi connectivity index (χ4v) is 1.62. The van der Waals surface area contributed by atoms with Crippen molar-refractivity contribution >= 4 is 27.5 Å². The van der Waals surface area contributed by atoms with E-state index in [4.69, 9.17) is 11.6 Å². The molecule has 1 heterocycles. The molecule has 76 valence electrons. The van der Waals surface area contributed by atoms with Crippen molar-refractivity contribution in [3.05, 3.63) is 46.0 Å². The molecule has 0 aliphatic heterocycles. The summed E-state index contributed by atoms with van der Waals surface area (Å²) in [6.07, 6.45) is 3.14. The zero-order valence-corrected chi connectivity index (χ0v) is 9.76. The first-order chi connectivity index (χ1) is 7.16. The molecule has 0 spiro atoms. The Balaban J connectivity index is 2.49. The maximum Gasteiger partial charge on any atom is 0.124 e. The summed E-state index contributed by atoms with van der Waals surface area (Å²) in [4.78, 5) is 8.14. The third-order valence-electron chi connectivity index (χ3n) is 1.83. The van der Waals surface area contributed by atoms with Crippen molar-refractivity contribution in [2.45, 2.75) is 0 Å². The minimum absolute atomic E-state index is 0.326. The van der Waals surface area contributed by atoms with Crippen LogP contribution in [0, 0.1) is 5.82 Å². The van der Waals surface area contributed by atoms with Crippen molar-refractivity contribution in [3.8, 4) is 11.3 Å². The van der Waals surface area contributed by atoms with Crippen molar-refractivity contribution in [2.75, 3.05) is 0 Å². The SMILES string of the molecule is Fc1ccc(-c2cnc(Br)cn2)c(Cl)c1. The summed E-state index contributed by atoms with van der Waals surface area (Å²) in [5.41, 5.74) is 1.28. The van der Waals surface area contributed by atoms with Crippen LogP contribution < -0.4 is 0 Å². The first-order valence-electron chi connectivity index (χ1n) is 4.10. The number of rotatable bonds is 1. The Labute approximate surface area is 99.3 Å². The van der Waals surface area contributed by atoms with Crippen LogP contribution in [0.2, 0.25) is 5.02 Å². The van der Waals surface area contributed by atoms with Gasteiger partial charge < -0.3 is 0 Å². The largest absolute Gasteiger partial charge is 0.252 e. The van der Waals surface area contributed by atoms with Gasteiger partial charge in [-0.15, -0.1) is 0 Å².